The zero-order valence-electron chi connectivity index (χ0n) is 14.1. The third kappa shape index (κ3) is 3.85. The summed E-state index contributed by atoms with van der Waals surface area (Å²) < 4.78 is 29.8. The zero-order valence-corrected chi connectivity index (χ0v) is 14.9. The normalized spacial score (nSPS) is 19.2. The molecule has 130 valence electrons. The number of hydrogen-bond acceptors (Lipinski definition) is 4. The van der Waals surface area contributed by atoms with Gasteiger partial charge in [-0.05, 0) is 26.0 Å². The number of sulfonamides is 1. The Hall–Kier alpha value is -1.70. The summed E-state index contributed by atoms with van der Waals surface area (Å²) in [6.07, 6.45) is 3.78. The highest BCUT2D eigenvalue weighted by Crippen LogP contribution is 2.18. The van der Waals surface area contributed by atoms with E-state index in [1.54, 1.807) is 24.3 Å². The Labute approximate surface area is 143 Å². The van der Waals surface area contributed by atoms with Gasteiger partial charge in [-0.1, -0.05) is 18.2 Å². The van der Waals surface area contributed by atoms with Gasteiger partial charge < -0.3 is 4.57 Å². The lowest BCUT2D eigenvalue weighted by Gasteiger charge is -2.27. The minimum atomic E-state index is -3.47. The molecule has 0 spiro atoms. The first kappa shape index (κ1) is 17.1. The summed E-state index contributed by atoms with van der Waals surface area (Å²) in [5, 5.41) is 0. The fourth-order valence-corrected chi connectivity index (χ4v) is 4.14. The molecule has 1 aromatic heterocycles. The van der Waals surface area contributed by atoms with Crippen molar-refractivity contribution in [3.63, 3.8) is 0 Å². The molecule has 0 bridgehead atoms. The molecule has 2 aromatic rings. The highest BCUT2D eigenvalue weighted by molar-refractivity contribution is 7.89. The molecule has 6 nitrogen and oxygen atoms in total. The van der Waals surface area contributed by atoms with Crippen LogP contribution in [0.2, 0.25) is 0 Å². The average Bonchev–Trinajstić information content (AvgIpc) is 2.91. The predicted molar refractivity (Wildman–Crippen MR) is 92.9 cm³/mol. The number of nitrogens with one attached hydrogen (secondary N) is 1. The maximum Gasteiger partial charge on any atom is 0.240 e. The van der Waals surface area contributed by atoms with Crippen LogP contribution in [0.15, 0.2) is 47.6 Å². The zero-order chi connectivity index (χ0) is 17.2. The van der Waals surface area contributed by atoms with Gasteiger partial charge in [0.2, 0.25) is 10.0 Å². The Balaban J connectivity index is 1.72. The fraction of sp³-hybridized carbons (Fsp3) is 0.471. The third-order valence-electron chi connectivity index (χ3n) is 4.44. The SMILES string of the molecule is CC(C)N1Cc2nccn2CC(CNS(=O)(=O)c2ccccc2)C1. The molecular weight excluding hydrogens is 324 g/mol. The lowest BCUT2D eigenvalue weighted by Crippen LogP contribution is -2.39. The maximum absolute atomic E-state index is 12.4. The van der Waals surface area contributed by atoms with Crippen LogP contribution < -0.4 is 4.72 Å². The molecule has 1 aromatic carbocycles. The molecule has 1 N–H and O–H groups in total. The minimum Gasteiger partial charge on any atom is -0.333 e. The molecule has 1 aliphatic rings. The van der Waals surface area contributed by atoms with Gasteiger partial charge in [0.1, 0.15) is 5.82 Å². The van der Waals surface area contributed by atoms with E-state index >= 15 is 0 Å². The fourth-order valence-electron chi connectivity index (χ4n) is 3.00. The van der Waals surface area contributed by atoms with Gasteiger partial charge >= 0.3 is 0 Å². The molecule has 2 heterocycles. The summed E-state index contributed by atoms with van der Waals surface area (Å²) in [4.78, 5) is 7.07. The van der Waals surface area contributed by atoms with Crippen LogP contribution >= 0.6 is 0 Å². The van der Waals surface area contributed by atoms with Crippen molar-refractivity contribution >= 4 is 10.0 Å². The third-order valence-corrected chi connectivity index (χ3v) is 5.88. The first-order chi connectivity index (χ1) is 11.5. The first-order valence-electron chi connectivity index (χ1n) is 8.24. The van der Waals surface area contributed by atoms with Gasteiger partial charge in [-0.15, -0.1) is 0 Å². The van der Waals surface area contributed by atoms with Crippen molar-refractivity contribution in [2.75, 3.05) is 13.1 Å². The first-order valence-corrected chi connectivity index (χ1v) is 9.73. The number of nitrogens with zero attached hydrogens (tertiary/aromatic N) is 3. The van der Waals surface area contributed by atoms with E-state index in [-0.39, 0.29) is 5.92 Å². The lowest BCUT2D eigenvalue weighted by molar-refractivity contribution is 0.184. The maximum atomic E-state index is 12.4. The van der Waals surface area contributed by atoms with Gasteiger partial charge in [-0.25, -0.2) is 18.1 Å². The topological polar surface area (TPSA) is 67.2 Å². The van der Waals surface area contributed by atoms with Gasteiger partial charge in [0, 0.05) is 44.0 Å². The van der Waals surface area contributed by atoms with Crippen molar-refractivity contribution < 1.29 is 8.42 Å². The van der Waals surface area contributed by atoms with Crippen LogP contribution in [0.1, 0.15) is 19.7 Å². The second-order valence-electron chi connectivity index (χ2n) is 6.55. The molecule has 0 aliphatic carbocycles. The van der Waals surface area contributed by atoms with Crippen molar-refractivity contribution in [3.05, 3.63) is 48.5 Å². The Morgan fingerprint density at radius 1 is 1.25 bits per heavy atom. The van der Waals surface area contributed by atoms with E-state index in [0.29, 0.717) is 17.5 Å². The van der Waals surface area contributed by atoms with Crippen LogP contribution in [0.3, 0.4) is 0 Å². The van der Waals surface area contributed by atoms with E-state index < -0.39 is 10.0 Å². The number of hydrogen-bond donors (Lipinski definition) is 1. The van der Waals surface area contributed by atoms with Gasteiger partial charge in [0.25, 0.3) is 0 Å². The average molecular weight is 348 g/mol. The van der Waals surface area contributed by atoms with E-state index in [1.807, 2.05) is 18.5 Å². The highest BCUT2D eigenvalue weighted by Gasteiger charge is 2.25. The Kier molecular flexibility index (Phi) is 5.03. The number of fused-ring (bicyclic) bond motifs is 1. The predicted octanol–water partition coefficient (Wildman–Crippen LogP) is 1.70. The van der Waals surface area contributed by atoms with Crippen LogP contribution in [-0.2, 0) is 23.1 Å². The summed E-state index contributed by atoms with van der Waals surface area (Å²) in [7, 11) is -3.47. The monoisotopic (exact) mass is 348 g/mol. The summed E-state index contributed by atoms with van der Waals surface area (Å²) >= 11 is 0. The van der Waals surface area contributed by atoms with Crippen LogP contribution in [0.5, 0.6) is 0 Å². The summed E-state index contributed by atoms with van der Waals surface area (Å²) in [5.41, 5.74) is 0. The van der Waals surface area contributed by atoms with Crippen molar-refractivity contribution in [2.45, 2.75) is 37.9 Å². The summed E-state index contributed by atoms with van der Waals surface area (Å²) in [6.45, 7) is 7.15. The number of benzene rings is 1. The highest BCUT2D eigenvalue weighted by atomic mass is 32.2. The Bertz CT molecular complexity index is 771. The Morgan fingerprint density at radius 3 is 2.71 bits per heavy atom. The molecular formula is C17H24N4O2S. The molecule has 0 saturated heterocycles. The van der Waals surface area contributed by atoms with Gasteiger partial charge in [-0.3, -0.25) is 4.90 Å². The van der Waals surface area contributed by atoms with E-state index in [4.69, 9.17) is 0 Å². The second-order valence-corrected chi connectivity index (χ2v) is 8.32. The molecule has 0 fully saturated rings. The van der Waals surface area contributed by atoms with Gasteiger partial charge in [-0.2, -0.15) is 0 Å². The minimum absolute atomic E-state index is 0.196. The van der Waals surface area contributed by atoms with Crippen molar-refractivity contribution in [2.24, 2.45) is 5.92 Å². The van der Waals surface area contributed by atoms with E-state index in [2.05, 4.69) is 33.0 Å². The van der Waals surface area contributed by atoms with Gasteiger partial charge in [0.15, 0.2) is 0 Å². The Morgan fingerprint density at radius 2 is 2.00 bits per heavy atom. The van der Waals surface area contributed by atoms with E-state index in [1.165, 1.54) is 0 Å². The van der Waals surface area contributed by atoms with Crippen LogP contribution in [0.4, 0.5) is 0 Å². The molecule has 0 saturated carbocycles. The summed E-state index contributed by atoms with van der Waals surface area (Å²) in [6, 6.07) is 8.90. The van der Waals surface area contributed by atoms with Crippen LogP contribution in [-0.4, -0.2) is 42.0 Å². The van der Waals surface area contributed by atoms with Crippen molar-refractivity contribution in [3.8, 4) is 0 Å². The number of rotatable bonds is 5. The lowest BCUT2D eigenvalue weighted by atomic mass is 10.1. The van der Waals surface area contributed by atoms with E-state index in [0.717, 1.165) is 25.5 Å². The standard InChI is InChI=1S/C17H24N4O2S/c1-14(2)21-12-15(11-20-9-8-18-17(20)13-21)10-19-24(22,23)16-6-4-3-5-7-16/h3-9,14-15,19H,10-13H2,1-2H3. The number of aromatic nitrogens is 2. The quantitative estimate of drug-likeness (QED) is 0.893. The molecule has 1 atom stereocenters. The molecule has 0 amide bonds. The molecule has 24 heavy (non-hydrogen) atoms. The van der Waals surface area contributed by atoms with Crippen molar-refractivity contribution in [1.82, 2.24) is 19.2 Å². The second kappa shape index (κ2) is 7.04. The molecule has 1 unspecified atom stereocenters. The van der Waals surface area contributed by atoms with Crippen molar-refractivity contribution in [1.29, 1.82) is 0 Å². The molecule has 7 heteroatoms. The largest absolute Gasteiger partial charge is 0.333 e. The molecule has 3 rings (SSSR count). The van der Waals surface area contributed by atoms with E-state index in [9.17, 15) is 8.42 Å². The smallest absolute Gasteiger partial charge is 0.240 e. The molecule has 1 aliphatic heterocycles. The molecule has 0 radical (unpaired) electrons. The van der Waals surface area contributed by atoms with Gasteiger partial charge in [0.05, 0.1) is 11.4 Å². The summed E-state index contributed by atoms with van der Waals surface area (Å²) in [5.74, 6) is 1.23. The number of imidazole rings is 1. The van der Waals surface area contributed by atoms with Crippen LogP contribution in [0.25, 0.3) is 0 Å². The van der Waals surface area contributed by atoms with Crippen LogP contribution in [0, 0.1) is 5.92 Å².